The summed E-state index contributed by atoms with van der Waals surface area (Å²) in [6.07, 6.45) is 0. The van der Waals surface area contributed by atoms with E-state index in [0.29, 0.717) is 11.5 Å². The van der Waals surface area contributed by atoms with Crippen LogP contribution in [-0.2, 0) is 11.5 Å². The molecule has 2 rings (SSSR count). The van der Waals surface area contributed by atoms with Gasteiger partial charge in [0.1, 0.15) is 11.5 Å². The van der Waals surface area contributed by atoms with Crippen molar-refractivity contribution in [1.29, 1.82) is 0 Å². The zero-order chi connectivity index (χ0) is 13.5. The van der Waals surface area contributed by atoms with E-state index >= 15 is 0 Å². The van der Waals surface area contributed by atoms with Gasteiger partial charge in [0.05, 0.1) is 0 Å². The molecule has 2 aromatic carbocycles. The molecule has 0 atom stereocenters. The second-order valence-electron chi connectivity index (χ2n) is 3.85. The summed E-state index contributed by atoms with van der Waals surface area (Å²) in [6.45, 7) is 0. The fourth-order valence-electron chi connectivity index (χ4n) is 1.47. The van der Waals surface area contributed by atoms with Crippen molar-refractivity contribution in [2.75, 3.05) is 0 Å². The van der Waals surface area contributed by atoms with Crippen molar-refractivity contribution in [2.24, 2.45) is 0 Å². The summed E-state index contributed by atoms with van der Waals surface area (Å²) in [7, 11) is 5.04. The van der Waals surface area contributed by atoms with Crippen molar-refractivity contribution >= 4 is 31.4 Å². The molecular weight excluding hydrogens is 296 g/mol. The van der Waals surface area contributed by atoms with Gasteiger partial charge in [-0.3, -0.25) is 0 Å². The number of phenols is 2. The van der Waals surface area contributed by atoms with Gasteiger partial charge in [-0.25, -0.2) is 0 Å². The van der Waals surface area contributed by atoms with Gasteiger partial charge in [-0.15, -0.1) is 0 Å². The molecule has 0 unspecified atom stereocenters. The van der Waals surface area contributed by atoms with Crippen LogP contribution in [0.2, 0.25) is 0 Å². The highest BCUT2D eigenvalue weighted by atomic mass is 33.5. The second kappa shape index (κ2) is 7.62. The van der Waals surface area contributed by atoms with Crippen LogP contribution in [0.5, 0.6) is 11.5 Å². The van der Waals surface area contributed by atoms with Crippen molar-refractivity contribution in [1.82, 2.24) is 0 Å². The number of hydrogen-bond acceptors (Lipinski definition) is 5. The molecular formula is C14H14O2S3. The van der Waals surface area contributed by atoms with Gasteiger partial charge in [0.25, 0.3) is 0 Å². The minimum Gasteiger partial charge on any atom is -0.508 e. The Morgan fingerprint density at radius 2 is 1.11 bits per heavy atom. The molecule has 2 aromatic rings. The SMILES string of the molecule is Oc1ccccc1CSSSCc1ccccc1O. The van der Waals surface area contributed by atoms with E-state index in [1.807, 2.05) is 36.4 Å². The smallest absolute Gasteiger partial charge is 0.119 e. The predicted octanol–water partition coefficient (Wildman–Crippen LogP) is 4.83. The van der Waals surface area contributed by atoms with E-state index in [2.05, 4.69) is 0 Å². The lowest BCUT2D eigenvalue weighted by atomic mass is 10.2. The van der Waals surface area contributed by atoms with Crippen LogP contribution in [0.3, 0.4) is 0 Å². The third kappa shape index (κ3) is 4.60. The Labute approximate surface area is 124 Å². The van der Waals surface area contributed by atoms with Crippen molar-refractivity contribution < 1.29 is 10.2 Å². The Morgan fingerprint density at radius 1 is 0.684 bits per heavy atom. The highest BCUT2D eigenvalue weighted by Gasteiger charge is 2.02. The molecule has 0 saturated heterocycles. The molecule has 2 nitrogen and oxygen atoms in total. The van der Waals surface area contributed by atoms with Crippen molar-refractivity contribution in [3.63, 3.8) is 0 Å². The van der Waals surface area contributed by atoms with Crippen LogP contribution in [-0.4, -0.2) is 10.2 Å². The first-order valence-corrected chi connectivity index (χ1v) is 9.54. The molecule has 100 valence electrons. The Hall–Kier alpha value is -0.910. The molecule has 0 aromatic heterocycles. The van der Waals surface area contributed by atoms with E-state index in [0.717, 1.165) is 22.6 Å². The van der Waals surface area contributed by atoms with Gasteiger partial charge in [0, 0.05) is 22.6 Å². The lowest BCUT2D eigenvalue weighted by molar-refractivity contribution is 0.470. The number of aromatic hydroxyl groups is 2. The monoisotopic (exact) mass is 310 g/mol. The van der Waals surface area contributed by atoms with Crippen LogP contribution in [0.25, 0.3) is 0 Å². The zero-order valence-corrected chi connectivity index (χ0v) is 12.6. The van der Waals surface area contributed by atoms with Crippen LogP contribution in [0.15, 0.2) is 48.5 Å². The molecule has 5 heteroatoms. The van der Waals surface area contributed by atoms with Crippen molar-refractivity contribution in [3.8, 4) is 11.5 Å². The van der Waals surface area contributed by atoms with E-state index < -0.39 is 0 Å². The first-order valence-electron chi connectivity index (χ1n) is 5.72. The minimum atomic E-state index is 0.348. The fourth-order valence-corrected chi connectivity index (χ4v) is 5.11. The summed E-state index contributed by atoms with van der Waals surface area (Å²) in [6, 6.07) is 14.8. The third-order valence-electron chi connectivity index (χ3n) is 2.51. The lowest BCUT2D eigenvalue weighted by Gasteiger charge is -2.04. The minimum absolute atomic E-state index is 0.348. The first kappa shape index (κ1) is 14.5. The van der Waals surface area contributed by atoms with Crippen molar-refractivity contribution in [2.45, 2.75) is 11.5 Å². The number of benzene rings is 2. The first-order chi connectivity index (χ1) is 9.27. The molecule has 2 N–H and O–H groups in total. The summed E-state index contributed by atoms with van der Waals surface area (Å²) in [5.41, 5.74) is 1.89. The third-order valence-corrected chi connectivity index (χ3v) is 6.57. The van der Waals surface area contributed by atoms with Crippen LogP contribution < -0.4 is 0 Å². The quantitative estimate of drug-likeness (QED) is 0.591. The summed E-state index contributed by atoms with van der Waals surface area (Å²) in [4.78, 5) is 0. The van der Waals surface area contributed by atoms with Crippen LogP contribution in [0.4, 0.5) is 0 Å². The number of hydrogen-bond donors (Lipinski definition) is 2. The standard InChI is InChI=1S/C14H14O2S3/c15-13-7-3-1-5-11(13)9-17-19-18-10-12-6-2-4-8-14(12)16/h1-8,15-16H,9-10H2. The van der Waals surface area contributed by atoms with Gasteiger partial charge in [0.15, 0.2) is 0 Å². The molecule has 0 radical (unpaired) electrons. The van der Waals surface area contributed by atoms with Crippen molar-refractivity contribution in [3.05, 3.63) is 59.7 Å². The molecule has 0 aliphatic heterocycles. The maximum absolute atomic E-state index is 9.62. The highest BCUT2D eigenvalue weighted by Crippen LogP contribution is 2.40. The molecule has 0 aliphatic carbocycles. The molecule has 0 amide bonds. The lowest BCUT2D eigenvalue weighted by Crippen LogP contribution is -1.79. The normalized spacial score (nSPS) is 10.5. The Balaban J connectivity index is 1.71. The van der Waals surface area contributed by atoms with Gasteiger partial charge >= 0.3 is 0 Å². The van der Waals surface area contributed by atoms with Gasteiger partial charge in [0.2, 0.25) is 0 Å². The maximum Gasteiger partial charge on any atom is 0.119 e. The molecule has 0 spiro atoms. The van der Waals surface area contributed by atoms with E-state index in [1.165, 1.54) is 0 Å². The van der Waals surface area contributed by atoms with Gasteiger partial charge in [-0.05, 0) is 22.0 Å². The van der Waals surface area contributed by atoms with E-state index in [1.54, 1.807) is 43.5 Å². The van der Waals surface area contributed by atoms with Gasteiger partial charge in [-0.2, -0.15) is 0 Å². The zero-order valence-electron chi connectivity index (χ0n) is 10.2. The van der Waals surface area contributed by atoms with E-state index in [4.69, 9.17) is 0 Å². The average Bonchev–Trinajstić information content (AvgIpc) is 2.42. The number of para-hydroxylation sites is 2. The average molecular weight is 310 g/mol. The molecule has 19 heavy (non-hydrogen) atoms. The molecule has 0 bridgehead atoms. The summed E-state index contributed by atoms with van der Waals surface area (Å²) in [5.74, 6) is 2.23. The van der Waals surface area contributed by atoms with Gasteiger partial charge in [-0.1, -0.05) is 58.0 Å². The molecule has 0 heterocycles. The Morgan fingerprint density at radius 3 is 1.53 bits per heavy atom. The van der Waals surface area contributed by atoms with Crippen LogP contribution in [0.1, 0.15) is 11.1 Å². The number of rotatable bonds is 6. The summed E-state index contributed by atoms with van der Waals surface area (Å²) in [5, 5.41) is 19.2. The highest BCUT2D eigenvalue weighted by molar-refractivity contribution is 9.09. The summed E-state index contributed by atoms with van der Waals surface area (Å²) < 4.78 is 0. The van der Waals surface area contributed by atoms with E-state index in [9.17, 15) is 10.2 Å². The molecule has 0 saturated carbocycles. The fraction of sp³-hybridized carbons (Fsp3) is 0.143. The topological polar surface area (TPSA) is 40.5 Å². The molecule has 0 fully saturated rings. The van der Waals surface area contributed by atoms with Crippen LogP contribution >= 0.6 is 31.4 Å². The maximum atomic E-state index is 9.62. The Bertz CT molecular complexity index is 484. The molecule has 0 aliphatic rings. The Kier molecular flexibility index (Phi) is 5.82. The van der Waals surface area contributed by atoms with E-state index in [-0.39, 0.29) is 0 Å². The largest absolute Gasteiger partial charge is 0.508 e. The van der Waals surface area contributed by atoms with Crippen LogP contribution in [0, 0.1) is 0 Å². The second-order valence-corrected chi connectivity index (χ2v) is 8.08. The van der Waals surface area contributed by atoms with Gasteiger partial charge < -0.3 is 10.2 Å². The number of phenolic OH excluding ortho intramolecular Hbond substituents is 2. The summed E-state index contributed by atoms with van der Waals surface area (Å²) >= 11 is 0. The predicted molar refractivity (Wildman–Crippen MR) is 86.4 cm³/mol.